The van der Waals surface area contributed by atoms with Gasteiger partial charge >= 0.3 is 0 Å². The first-order valence-electron chi connectivity index (χ1n) is 26.8. The van der Waals surface area contributed by atoms with Crippen LogP contribution in [0.2, 0.25) is 0 Å². The smallest absolute Gasteiger partial charge is 0.159 e. The Morgan fingerprint density at radius 1 is 0.218 bits per heavy atom. The average molecular weight is 994 g/mol. The second-order valence-corrected chi connectivity index (χ2v) is 20.8. The fourth-order valence-corrected chi connectivity index (χ4v) is 13.7. The van der Waals surface area contributed by atoms with Crippen LogP contribution in [0, 0.1) is 0 Å². The van der Waals surface area contributed by atoms with Crippen LogP contribution in [0.25, 0.3) is 159 Å². The summed E-state index contributed by atoms with van der Waals surface area (Å²) in [6.07, 6.45) is 0. The van der Waals surface area contributed by atoms with Crippen LogP contribution >= 0.6 is 0 Å². The van der Waals surface area contributed by atoms with Crippen molar-refractivity contribution in [3.8, 4) is 28.4 Å². The maximum Gasteiger partial charge on any atom is 0.159 e. The van der Waals surface area contributed by atoms with Crippen molar-refractivity contribution in [3.63, 3.8) is 0 Å². The van der Waals surface area contributed by atoms with Gasteiger partial charge in [0.2, 0.25) is 0 Å². The first-order valence-corrected chi connectivity index (χ1v) is 26.8. The van der Waals surface area contributed by atoms with Crippen LogP contribution < -0.4 is 0 Å². The average Bonchev–Trinajstić information content (AvgIpc) is 4.36. The zero-order valence-corrected chi connectivity index (χ0v) is 42.0. The number of para-hydroxylation sites is 8. The molecule has 0 aliphatic rings. The molecule has 0 spiro atoms. The third kappa shape index (κ3) is 5.49. The standard InChI is InChI=1S/C72H43N5O/c1-3-18-44(19-4-1)73-61-31-15-10-25-54(61)68-64(73)39-36-51-48-22-7-13-29-59(48)76(70(51)68)47-34-38-63-56(42-47)50-24-9-12-28-58(50)75(63)46-35-41-67-57(43-46)53-27-17-33-66(72(53)78-67)77-60-30-14-8-23-49(60)52-37-40-65-69(71(52)77)55-26-11-16-32-62(55)74(65)45-20-5-2-6-21-45/h1-43H. The minimum atomic E-state index is 0.849. The van der Waals surface area contributed by atoms with Gasteiger partial charge in [0.05, 0.1) is 60.9 Å². The maximum absolute atomic E-state index is 7.10. The van der Waals surface area contributed by atoms with Gasteiger partial charge in [0.1, 0.15) is 5.58 Å². The summed E-state index contributed by atoms with van der Waals surface area (Å²) >= 11 is 0. The van der Waals surface area contributed by atoms with Crippen LogP contribution in [-0.4, -0.2) is 22.8 Å². The third-order valence-electron chi connectivity index (χ3n) is 16.8. The molecule has 0 fully saturated rings. The molecule has 6 heteroatoms. The fraction of sp³-hybridized carbons (Fsp3) is 0. The lowest BCUT2D eigenvalue weighted by molar-refractivity contribution is 0.666. The second kappa shape index (κ2) is 15.5. The highest BCUT2D eigenvalue weighted by atomic mass is 16.3. The highest BCUT2D eigenvalue weighted by molar-refractivity contribution is 6.28. The minimum Gasteiger partial charge on any atom is -0.454 e. The predicted molar refractivity (Wildman–Crippen MR) is 325 cm³/mol. The Kier molecular flexibility index (Phi) is 8.30. The lowest BCUT2D eigenvalue weighted by atomic mass is 10.1. The molecular weight excluding hydrogens is 951 g/mol. The number of furan rings is 1. The molecule has 0 radical (unpaired) electrons. The Bertz CT molecular complexity index is 5570. The van der Waals surface area contributed by atoms with Crippen molar-refractivity contribution in [1.29, 1.82) is 0 Å². The number of hydrogen-bond acceptors (Lipinski definition) is 1. The van der Waals surface area contributed by atoms with Gasteiger partial charge in [-0.1, -0.05) is 152 Å². The van der Waals surface area contributed by atoms with E-state index < -0.39 is 0 Å². The zero-order chi connectivity index (χ0) is 50.7. The van der Waals surface area contributed by atoms with Crippen LogP contribution in [0.4, 0.5) is 0 Å². The molecule has 0 N–H and O–H groups in total. The summed E-state index contributed by atoms with van der Waals surface area (Å²) < 4.78 is 19.3. The van der Waals surface area contributed by atoms with Gasteiger partial charge < -0.3 is 27.3 Å². The van der Waals surface area contributed by atoms with E-state index in [1.54, 1.807) is 0 Å². The normalized spacial score (nSPS) is 12.4. The topological polar surface area (TPSA) is 37.8 Å². The summed E-state index contributed by atoms with van der Waals surface area (Å²) in [6.45, 7) is 0. The molecule has 0 aliphatic carbocycles. The van der Waals surface area contributed by atoms with Gasteiger partial charge in [0, 0.05) is 87.4 Å². The first-order chi connectivity index (χ1) is 38.7. The summed E-state index contributed by atoms with van der Waals surface area (Å²) in [6, 6.07) is 95.3. The number of hydrogen-bond donors (Lipinski definition) is 0. The highest BCUT2D eigenvalue weighted by Gasteiger charge is 2.25. The number of nitrogens with zero attached hydrogens (tertiary/aromatic N) is 5. The Balaban J connectivity index is 0.849. The van der Waals surface area contributed by atoms with E-state index in [4.69, 9.17) is 4.42 Å². The molecule has 18 aromatic rings. The molecular formula is C72H43N5O. The van der Waals surface area contributed by atoms with E-state index in [0.717, 1.165) is 72.4 Å². The monoisotopic (exact) mass is 993 g/mol. The summed E-state index contributed by atoms with van der Waals surface area (Å²) in [5.74, 6) is 0. The number of aromatic nitrogens is 5. The molecule has 362 valence electrons. The van der Waals surface area contributed by atoms with Gasteiger partial charge in [-0.3, -0.25) is 0 Å². The number of fused-ring (bicyclic) bond motifs is 20. The Labute approximate surface area is 445 Å². The molecule has 18 rings (SSSR count). The molecule has 0 saturated heterocycles. The van der Waals surface area contributed by atoms with E-state index in [1.165, 1.54) is 87.0 Å². The Hall–Kier alpha value is -10.6. The van der Waals surface area contributed by atoms with Gasteiger partial charge in [-0.15, -0.1) is 0 Å². The van der Waals surface area contributed by atoms with Crippen molar-refractivity contribution in [2.24, 2.45) is 0 Å². The summed E-state index contributed by atoms with van der Waals surface area (Å²) in [5.41, 5.74) is 18.9. The van der Waals surface area contributed by atoms with Crippen molar-refractivity contribution in [2.75, 3.05) is 0 Å². The molecule has 0 aliphatic heterocycles. The molecule has 0 unspecified atom stereocenters. The van der Waals surface area contributed by atoms with Crippen molar-refractivity contribution >= 4 is 131 Å². The molecule has 0 bridgehead atoms. The van der Waals surface area contributed by atoms with Crippen molar-refractivity contribution in [2.45, 2.75) is 0 Å². The summed E-state index contributed by atoms with van der Waals surface area (Å²) in [7, 11) is 0. The Morgan fingerprint density at radius 2 is 0.615 bits per heavy atom. The lowest BCUT2D eigenvalue weighted by Crippen LogP contribution is -1.96. The minimum absolute atomic E-state index is 0.849. The van der Waals surface area contributed by atoms with E-state index in [2.05, 4.69) is 284 Å². The van der Waals surface area contributed by atoms with Gasteiger partial charge in [0.25, 0.3) is 0 Å². The zero-order valence-electron chi connectivity index (χ0n) is 42.0. The van der Waals surface area contributed by atoms with E-state index in [-0.39, 0.29) is 0 Å². The SMILES string of the molecule is c1ccc(-n2c3ccccc3c3c2ccc2c4ccccc4n(-c4ccc5c(c4)c4ccccc4n5-c4ccc5oc6c(-n7c8ccccc8c8ccc9c(c%10ccccc%10n9-c9ccccc9)c87)cccc6c5c4)c23)cc1. The molecule has 6 heterocycles. The number of rotatable bonds is 5. The molecule has 6 nitrogen and oxygen atoms in total. The van der Waals surface area contributed by atoms with Gasteiger partial charge in [0.15, 0.2) is 5.58 Å². The van der Waals surface area contributed by atoms with Crippen LogP contribution in [-0.2, 0) is 0 Å². The molecule has 12 aromatic carbocycles. The number of benzene rings is 12. The van der Waals surface area contributed by atoms with Crippen LogP contribution in [0.5, 0.6) is 0 Å². The summed E-state index contributed by atoms with van der Waals surface area (Å²) in [4.78, 5) is 0. The van der Waals surface area contributed by atoms with E-state index in [1.807, 2.05) is 0 Å². The molecule has 0 amide bonds. The second-order valence-electron chi connectivity index (χ2n) is 20.8. The van der Waals surface area contributed by atoms with Crippen molar-refractivity contribution < 1.29 is 4.42 Å². The molecule has 0 atom stereocenters. The van der Waals surface area contributed by atoms with E-state index >= 15 is 0 Å². The molecule has 78 heavy (non-hydrogen) atoms. The highest BCUT2D eigenvalue weighted by Crippen LogP contribution is 2.46. The van der Waals surface area contributed by atoms with Crippen molar-refractivity contribution in [3.05, 3.63) is 261 Å². The fourth-order valence-electron chi connectivity index (χ4n) is 13.7. The maximum atomic E-state index is 7.10. The van der Waals surface area contributed by atoms with Gasteiger partial charge in [-0.25, -0.2) is 0 Å². The largest absolute Gasteiger partial charge is 0.454 e. The Morgan fingerprint density at radius 3 is 1.21 bits per heavy atom. The van der Waals surface area contributed by atoms with Crippen molar-refractivity contribution in [1.82, 2.24) is 22.8 Å². The predicted octanol–water partition coefficient (Wildman–Crippen LogP) is 19.1. The molecule has 0 saturated carbocycles. The van der Waals surface area contributed by atoms with E-state index in [9.17, 15) is 0 Å². The summed E-state index contributed by atoms with van der Waals surface area (Å²) in [5, 5.41) is 14.3. The first kappa shape index (κ1) is 41.8. The van der Waals surface area contributed by atoms with Gasteiger partial charge in [-0.2, -0.15) is 0 Å². The third-order valence-corrected chi connectivity index (χ3v) is 16.8. The quantitative estimate of drug-likeness (QED) is 0.169. The lowest BCUT2D eigenvalue weighted by Gasteiger charge is -2.12. The molecule has 6 aromatic heterocycles. The van der Waals surface area contributed by atoms with Crippen LogP contribution in [0.1, 0.15) is 0 Å². The van der Waals surface area contributed by atoms with Gasteiger partial charge in [-0.05, 0) is 109 Å². The van der Waals surface area contributed by atoms with E-state index in [0.29, 0.717) is 0 Å². The van der Waals surface area contributed by atoms with Crippen LogP contribution in [0.15, 0.2) is 265 Å². The van der Waals surface area contributed by atoms with Crippen LogP contribution in [0.3, 0.4) is 0 Å².